The molecule has 1 amide bonds. The number of aliphatic hydroxyl groups excluding tert-OH is 1. The van der Waals surface area contributed by atoms with Crippen LogP contribution in [0.3, 0.4) is 0 Å². The summed E-state index contributed by atoms with van der Waals surface area (Å²) in [6, 6.07) is 0. The second-order valence-corrected chi connectivity index (χ2v) is 2.31. The van der Waals surface area contributed by atoms with E-state index in [4.69, 9.17) is 5.11 Å². The third-order valence-electron chi connectivity index (χ3n) is 0.973. The molecular weight excluding hydrogens is 162 g/mol. The van der Waals surface area contributed by atoms with Crippen molar-refractivity contribution in [3.05, 3.63) is 12.2 Å². The molecule has 1 unspecified atom stereocenters. The molecule has 5 nitrogen and oxygen atoms in total. The lowest BCUT2D eigenvalue weighted by Crippen LogP contribution is -2.31. The van der Waals surface area contributed by atoms with Crippen molar-refractivity contribution in [3.63, 3.8) is 0 Å². The Hall–Kier alpha value is -1.36. The molecule has 1 atom stereocenters. The number of rotatable bonds is 2. The molecule has 0 rings (SSSR count). The Balaban J connectivity index is 3.77. The summed E-state index contributed by atoms with van der Waals surface area (Å²) >= 11 is 0. The predicted molar refractivity (Wildman–Crippen MR) is 40.7 cm³/mol. The Labute approximate surface area is 70.0 Å². The average molecular weight is 173 g/mol. The second kappa shape index (κ2) is 4.50. The fourth-order valence-electron chi connectivity index (χ4n) is 0.269. The van der Waals surface area contributed by atoms with Crippen LogP contribution >= 0.6 is 0 Å². The Bertz CT molecular complexity index is 209. The number of hydrogen-bond donors (Lipinski definition) is 2. The lowest BCUT2D eigenvalue weighted by molar-refractivity contribution is -0.164. The highest BCUT2D eigenvalue weighted by molar-refractivity contribution is 5.92. The molecule has 68 valence electrons. The van der Waals surface area contributed by atoms with Crippen LogP contribution in [-0.2, 0) is 14.4 Å². The normalized spacial score (nSPS) is 11.6. The van der Waals surface area contributed by atoms with Crippen molar-refractivity contribution in [1.29, 1.82) is 0 Å². The molecule has 0 bridgehead atoms. The number of nitrogens with one attached hydrogen (secondary N) is 1. The van der Waals surface area contributed by atoms with Gasteiger partial charge in [0.1, 0.15) is 0 Å². The topological polar surface area (TPSA) is 75.6 Å². The maximum Gasteiger partial charge on any atom is 0.360 e. The third kappa shape index (κ3) is 3.72. The number of carbonyl (C=O) groups is 2. The Kier molecular flexibility index (Phi) is 3.99. The molecule has 0 aromatic carbocycles. The van der Waals surface area contributed by atoms with E-state index in [1.807, 2.05) is 5.48 Å². The standard InChI is InChI=1S/C7H11NO4/c1-4(2)6(10)8-12-7(11)5(3)9/h5,9H,1H2,2-3H3,(H,8,10). The minimum Gasteiger partial charge on any atom is -0.382 e. The van der Waals surface area contributed by atoms with Crippen LogP contribution in [0.5, 0.6) is 0 Å². The van der Waals surface area contributed by atoms with Gasteiger partial charge in [-0.05, 0) is 13.8 Å². The fourth-order valence-corrected chi connectivity index (χ4v) is 0.269. The van der Waals surface area contributed by atoms with Crippen LogP contribution < -0.4 is 5.48 Å². The van der Waals surface area contributed by atoms with Gasteiger partial charge < -0.3 is 9.94 Å². The number of hydrogen-bond acceptors (Lipinski definition) is 4. The lowest BCUT2D eigenvalue weighted by atomic mass is 10.3. The fraction of sp³-hybridized carbons (Fsp3) is 0.429. The largest absolute Gasteiger partial charge is 0.382 e. The van der Waals surface area contributed by atoms with Gasteiger partial charge in [-0.2, -0.15) is 5.48 Å². The summed E-state index contributed by atoms with van der Waals surface area (Å²) in [4.78, 5) is 25.4. The van der Waals surface area contributed by atoms with Gasteiger partial charge in [-0.15, -0.1) is 0 Å². The average Bonchev–Trinajstić information content (AvgIpc) is 1.98. The van der Waals surface area contributed by atoms with Gasteiger partial charge in [0.2, 0.25) is 0 Å². The Morgan fingerprint density at radius 1 is 1.58 bits per heavy atom. The van der Waals surface area contributed by atoms with Crippen LogP contribution in [0.15, 0.2) is 12.2 Å². The van der Waals surface area contributed by atoms with Gasteiger partial charge in [0.15, 0.2) is 6.10 Å². The third-order valence-corrected chi connectivity index (χ3v) is 0.973. The second-order valence-electron chi connectivity index (χ2n) is 2.31. The van der Waals surface area contributed by atoms with Crippen molar-refractivity contribution in [2.75, 3.05) is 0 Å². The van der Waals surface area contributed by atoms with E-state index < -0.39 is 18.0 Å². The molecule has 0 aliphatic rings. The zero-order valence-corrected chi connectivity index (χ0v) is 6.96. The summed E-state index contributed by atoms with van der Waals surface area (Å²) in [7, 11) is 0. The molecular formula is C7H11NO4. The van der Waals surface area contributed by atoms with Crippen molar-refractivity contribution in [1.82, 2.24) is 5.48 Å². The maximum absolute atomic E-state index is 10.7. The lowest BCUT2D eigenvalue weighted by Gasteiger charge is -2.05. The summed E-state index contributed by atoms with van der Waals surface area (Å²) in [6.07, 6.45) is -1.25. The Morgan fingerprint density at radius 2 is 2.08 bits per heavy atom. The van der Waals surface area contributed by atoms with E-state index in [-0.39, 0.29) is 5.57 Å². The molecule has 0 aromatic rings. The number of aliphatic hydroxyl groups is 1. The van der Waals surface area contributed by atoms with Gasteiger partial charge in [-0.3, -0.25) is 4.79 Å². The van der Waals surface area contributed by atoms with Crippen molar-refractivity contribution in [3.8, 4) is 0 Å². The van der Waals surface area contributed by atoms with E-state index >= 15 is 0 Å². The molecule has 0 aliphatic heterocycles. The van der Waals surface area contributed by atoms with E-state index in [1.54, 1.807) is 0 Å². The van der Waals surface area contributed by atoms with Crippen LogP contribution in [0.1, 0.15) is 13.8 Å². The highest BCUT2D eigenvalue weighted by Gasteiger charge is 2.12. The maximum atomic E-state index is 10.7. The highest BCUT2D eigenvalue weighted by atomic mass is 16.7. The number of amides is 1. The van der Waals surface area contributed by atoms with Crippen molar-refractivity contribution in [2.45, 2.75) is 20.0 Å². The van der Waals surface area contributed by atoms with Crippen LogP contribution in [0.25, 0.3) is 0 Å². The summed E-state index contributed by atoms with van der Waals surface area (Å²) < 4.78 is 0. The quantitative estimate of drug-likeness (QED) is 0.436. The summed E-state index contributed by atoms with van der Waals surface area (Å²) in [6.45, 7) is 6.01. The summed E-state index contributed by atoms with van der Waals surface area (Å²) in [5, 5.41) is 8.62. The van der Waals surface area contributed by atoms with Crippen molar-refractivity contribution >= 4 is 11.9 Å². The zero-order chi connectivity index (χ0) is 9.72. The molecule has 0 heterocycles. The predicted octanol–water partition coefficient (Wildman–Crippen LogP) is -0.482. The van der Waals surface area contributed by atoms with E-state index in [1.165, 1.54) is 13.8 Å². The summed E-state index contributed by atoms with van der Waals surface area (Å²) in [5.74, 6) is -1.51. The van der Waals surface area contributed by atoms with E-state index in [0.717, 1.165) is 0 Å². The first-order valence-corrected chi connectivity index (χ1v) is 3.29. The van der Waals surface area contributed by atoms with Gasteiger partial charge in [-0.25, -0.2) is 4.79 Å². The van der Waals surface area contributed by atoms with Gasteiger partial charge in [0, 0.05) is 5.57 Å². The van der Waals surface area contributed by atoms with Crippen molar-refractivity contribution < 1.29 is 19.5 Å². The van der Waals surface area contributed by atoms with Gasteiger partial charge >= 0.3 is 5.97 Å². The molecule has 0 aliphatic carbocycles. The molecule has 0 aromatic heterocycles. The van der Waals surface area contributed by atoms with E-state index in [9.17, 15) is 9.59 Å². The minimum absolute atomic E-state index is 0.216. The Morgan fingerprint density at radius 3 is 2.42 bits per heavy atom. The van der Waals surface area contributed by atoms with E-state index in [2.05, 4.69) is 11.4 Å². The molecule has 0 radical (unpaired) electrons. The molecule has 12 heavy (non-hydrogen) atoms. The molecule has 5 heteroatoms. The molecule has 0 spiro atoms. The van der Waals surface area contributed by atoms with Crippen LogP contribution in [0.4, 0.5) is 0 Å². The molecule has 2 N–H and O–H groups in total. The van der Waals surface area contributed by atoms with Gasteiger partial charge in [-0.1, -0.05) is 6.58 Å². The first kappa shape index (κ1) is 10.6. The number of carbonyl (C=O) groups excluding carboxylic acids is 2. The van der Waals surface area contributed by atoms with E-state index in [0.29, 0.717) is 0 Å². The zero-order valence-electron chi connectivity index (χ0n) is 6.96. The van der Waals surface area contributed by atoms with Crippen molar-refractivity contribution in [2.24, 2.45) is 0 Å². The molecule has 0 saturated carbocycles. The van der Waals surface area contributed by atoms with Crippen LogP contribution in [0, 0.1) is 0 Å². The first-order valence-electron chi connectivity index (χ1n) is 3.29. The van der Waals surface area contributed by atoms with Gasteiger partial charge in [0.25, 0.3) is 5.91 Å². The van der Waals surface area contributed by atoms with Crippen LogP contribution in [-0.4, -0.2) is 23.1 Å². The SMILES string of the molecule is C=C(C)C(=O)NOC(=O)C(C)O. The molecule has 0 fully saturated rings. The number of hydroxylamine groups is 1. The first-order chi connectivity index (χ1) is 5.45. The summed E-state index contributed by atoms with van der Waals surface area (Å²) in [5.41, 5.74) is 2.03. The smallest absolute Gasteiger partial charge is 0.360 e. The highest BCUT2D eigenvalue weighted by Crippen LogP contribution is 1.88. The van der Waals surface area contributed by atoms with Crippen LogP contribution in [0.2, 0.25) is 0 Å². The molecule has 0 saturated heterocycles. The minimum atomic E-state index is -1.25. The monoisotopic (exact) mass is 173 g/mol. The van der Waals surface area contributed by atoms with Gasteiger partial charge in [0.05, 0.1) is 0 Å².